The maximum Gasteiger partial charge on any atom is 0.323 e. The van der Waals surface area contributed by atoms with Crippen LogP contribution in [0.15, 0.2) is 6.33 Å². The topological polar surface area (TPSA) is 83.3 Å². The zero-order chi connectivity index (χ0) is 14.4. The Hall–Kier alpha value is -1.47. The summed E-state index contributed by atoms with van der Waals surface area (Å²) in [6.07, 6.45) is 6.39. The fourth-order valence-corrected chi connectivity index (χ4v) is 3.73. The third-order valence-electron chi connectivity index (χ3n) is 5.14. The van der Waals surface area contributed by atoms with Gasteiger partial charge in [-0.25, -0.2) is 0 Å². The number of aliphatic carboxylic acids is 1. The minimum absolute atomic E-state index is 0.331. The fourth-order valence-electron chi connectivity index (χ4n) is 3.73. The number of hydrogen-bond acceptors (Lipinski definition) is 5. The standard InChI is InChI=1S/C14H21N5O2/c20-13(21)14(16-10-1-2-10)4-3-11(7-14)18-5-6-19-9-15-17-12(19)8-18/h9-11,16H,1-8H2,(H,20,21). The third kappa shape index (κ3) is 2.34. The lowest BCUT2D eigenvalue weighted by Gasteiger charge is -2.33. The maximum atomic E-state index is 11.8. The minimum Gasteiger partial charge on any atom is -0.480 e. The molecule has 2 N–H and O–H groups in total. The molecule has 21 heavy (non-hydrogen) atoms. The molecule has 7 nitrogen and oxygen atoms in total. The van der Waals surface area contributed by atoms with Crippen LogP contribution in [0.1, 0.15) is 37.9 Å². The lowest BCUT2D eigenvalue weighted by molar-refractivity contribution is -0.145. The third-order valence-corrected chi connectivity index (χ3v) is 5.14. The first-order valence-corrected chi connectivity index (χ1v) is 7.78. The van der Waals surface area contributed by atoms with Crippen molar-refractivity contribution >= 4 is 5.97 Å². The van der Waals surface area contributed by atoms with Crippen LogP contribution < -0.4 is 5.32 Å². The van der Waals surface area contributed by atoms with Crippen LogP contribution in [-0.2, 0) is 17.9 Å². The van der Waals surface area contributed by atoms with Crippen molar-refractivity contribution in [3.8, 4) is 0 Å². The number of aromatic nitrogens is 3. The van der Waals surface area contributed by atoms with E-state index in [-0.39, 0.29) is 0 Å². The molecule has 2 saturated carbocycles. The second-order valence-electron chi connectivity index (χ2n) is 6.61. The second-order valence-corrected chi connectivity index (χ2v) is 6.61. The van der Waals surface area contributed by atoms with Gasteiger partial charge in [0.2, 0.25) is 0 Å². The van der Waals surface area contributed by atoms with Crippen molar-refractivity contribution in [2.24, 2.45) is 0 Å². The van der Waals surface area contributed by atoms with E-state index in [0.29, 0.717) is 18.5 Å². The molecular weight excluding hydrogens is 270 g/mol. The van der Waals surface area contributed by atoms with Gasteiger partial charge in [0.15, 0.2) is 0 Å². The molecule has 2 fully saturated rings. The van der Waals surface area contributed by atoms with Gasteiger partial charge in [0.05, 0.1) is 6.54 Å². The van der Waals surface area contributed by atoms with Gasteiger partial charge in [-0.1, -0.05) is 0 Å². The molecule has 0 radical (unpaired) electrons. The summed E-state index contributed by atoms with van der Waals surface area (Å²) in [7, 11) is 0. The summed E-state index contributed by atoms with van der Waals surface area (Å²) in [4.78, 5) is 14.1. The predicted molar refractivity (Wildman–Crippen MR) is 74.6 cm³/mol. The molecule has 0 saturated heterocycles. The zero-order valence-electron chi connectivity index (χ0n) is 12.0. The summed E-state index contributed by atoms with van der Waals surface area (Å²) in [5.74, 6) is 0.307. The quantitative estimate of drug-likeness (QED) is 0.826. The van der Waals surface area contributed by atoms with Crippen molar-refractivity contribution in [2.75, 3.05) is 6.54 Å². The number of carboxylic acids is 1. The van der Waals surface area contributed by atoms with E-state index < -0.39 is 11.5 Å². The minimum atomic E-state index is -0.711. The number of carboxylic acid groups (broad SMARTS) is 1. The number of nitrogens with one attached hydrogen (secondary N) is 1. The lowest BCUT2D eigenvalue weighted by Crippen LogP contribution is -2.52. The van der Waals surface area contributed by atoms with Crippen molar-refractivity contribution in [2.45, 2.75) is 62.8 Å². The molecule has 4 rings (SSSR count). The molecule has 2 atom stereocenters. The van der Waals surface area contributed by atoms with E-state index in [4.69, 9.17) is 0 Å². The average Bonchev–Trinajstić information content (AvgIpc) is 3.00. The van der Waals surface area contributed by atoms with E-state index in [9.17, 15) is 9.90 Å². The molecule has 0 spiro atoms. The van der Waals surface area contributed by atoms with E-state index in [1.165, 1.54) is 0 Å². The Morgan fingerprint density at radius 1 is 1.38 bits per heavy atom. The lowest BCUT2D eigenvalue weighted by atomic mass is 9.97. The Kier molecular flexibility index (Phi) is 3.00. The van der Waals surface area contributed by atoms with Crippen molar-refractivity contribution in [1.82, 2.24) is 25.0 Å². The molecule has 2 heterocycles. The Balaban J connectivity index is 1.47. The highest BCUT2D eigenvalue weighted by molar-refractivity contribution is 5.79. The molecular formula is C14H21N5O2. The van der Waals surface area contributed by atoms with Crippen molar-refractivity contribution in [1.29, 1.82) is 0 Å². The molecule has 0 aromatic carbocycles. The van der Waals surface area contributed by atoms with E-state index >= 15 is 0 Å². The van der Waals surface area contributed by atoms with Crippen molar-refractivity contribution < 1.29 is 9.90 Å². The smallest absolute Gasteiger partial charge is 0.323 e. The van der Waals surface area contributed by atoms with Gasteiger partial charge in [-0.3, -0.25) is 15.0 Å². The van der Waals surface area contributed by atoms with Gasteiger partial charge < -0.3 is 9.67 Å². The van der Waals surface area contributed by atoms with E-state index in [1.54, 1.807) is 6.33 Å². The van der Waals surface area contributed by atoms with Crippen LogP contribution in [0.25, 0.3) is 0 Å². The van der Waals surface area contributed by atoms with Crippen molar-refractivity contribution in [3.05, 3.63) is 12.2 Å². The number of carbonyl (C=O) groups is 1. The summed E-state index contributed by atoms with van der Waals surface area (Å²) in [6.45, 7) is 2.63. The van der Waals surface area contributed by atoms with Gasteiger partial charge >= 0.3 is 5.97 Å². The van der Waals surface area contributed by atoms with Crippen LogP contribution in [0.4, 0.5) is 0 Å². The maximum absolute atomic E-state index is 11.8. The fraction of sp³-hybridized carbons (Fsp3) is 0.786. The zero-order valence-corrected chi connectivity index (χ0v) is 12.0. The first kappa shape index (κ1) is 13.2. The number of nitrogens with zero attached hydrogens (tertiary/aromatic N) is 4. The van der Waals surface area contributed by atoms with Crippen LogP contribution >= 0.6 is 0 Å². The van der Waals surface area contributed by atoms with Crippen LogP contribution in [-0.4, -0.2) is 54.9 Å². The molecule has 1 aromatic heterocycles. The normalized spacial score (nSPS) is 33.0. The van der Waals surface area contributed by atoms with Gasteiger partial charge in [0.1, 0.15) is 17.7 Å². The largest absolute Gasteiger partial charge is 0.480 e. The molecule has 114 valence electrons. The monoisotopic (exact) mass is 291 g/mol. The van der Waals surface area contributed by atoms with Gasteiger partial charge in [-0.2, -0.15) is 0 Å². The molecule has 1 aromatic rings. The van der Waals surface area contributed by atoms with Crippen LogP contribution in [0.2, 0.25) is 0 Å². The van der Waals surface area contributed by atoms with Crippen LogP contribution in [0.5, 0.6) is 0 Å². The summed E-state index contributed by atoms with van der Waals surface area (Å²) < 4.78 is 2.08. The van der Waals surface area contributed by atoms with Crippen LogP contribution in [0.3, 0.4) is 0 Å². The van der Waals surface area contributed by atoms with E-state index in [2.05, 4.69) is 25.0 Å². The Bertz CT molecular complexity index is 555. The summed E-state index contributed by atoms with van der Waals surface area (Å²) in [5, 5.41) is 21.2. The van der Waals surface area contributed by atoms with Crippen LogP contribution in [0, 0.1) is 0 Å². The summed E-state index contributed by atoms with van der Waals surface area (Å²) in [5.41, 5.74) is -0.711. The number of fused-ring (bicyclic) bond motifs is 1. The highest BCUT2D eigenvalue weighted by Crippen LogP contribution is 2.37. The number of hydrogen-bond donors (Lipinski definition) is 2. The van der Waals surface area contributed by atoms with Crippen molar-refractivity contribution in [3.63, 3.8) is 0 Å². The van der Waals surface area contributed by atoms with E-state index in [0.717, 1.165) is 51.1 Å². The highest BCUT2D eigenvalue weighted by Gasteiger charge is 2.49. The Morgan fingerprint density at radius 3 is 3.00 bits per heavy atom. The average molecular weight is 291 g/mol. The summed E-state index contributed by atoms with van der Waals surface area (Å²) >= 11 is 0. The molecule has 0 bridgehead atoms. The number of rotatable bonds is 4. The molecule has 0 amide bonds. The molecule has 7 heteroatoms. The highest BCUT2D eigenvalue weighted by atomic mass is 16.4. The molecule has 2 unspecified atom stereocenters. The predicted octanol–water partition coefficient (Wildman–Crippen LogP) is 0.222. The Morgan fingerprint density at radius 2 is 2.24 bits per heavy atom. The molecule has 3 aliphatic rings. The second kappa shape index (κ2) is 4.78. The SMILES string of the molecule is O=C(O)C1(NC2CC2)CCC(N2CCn3cnnc3C2)C1. The van der Waals surface area contributed by atoms with E-state index in [1.807, 2.05) is 0 Å². The Labute approximate surface area is 123 Å². The van der Waals surface area contributed by atoms with Gasteiger partial charge in [-0.05, 0) is 32.1 Å². The molecule has 2 aliphatic carbocycles. The molecule has 1 aliphatic heterocycles. The van der Waals surface area contributed by atoms with Gasteiger partial charge in [0, 0.05) is 25.2 Å². The van der Waals surface area contributed by atoms with Gasteiger partial charge in [0.25, 0.3) is 0 Å². The first-order chi connectivity index (χ1) is 10.2. The first-order valence-electron chi connectivity index (χ1n) is 7.78. The summed E-state index contributed by atoms with van der Waals surface area (Å²) in [6, 6.07) is 0.752. The van der Waals surface area contributed by atoms with Gasteiger partial charge in [-0.15, -0.1) is 10.2 Å².